The number of aromatic nitrogens is 2. The van der Waals surface area contributed by atoms with E-state index in [9.17, 15) is 0 Å². The minimum atomic E-state index is 0.236. The molecule has 2 N–H and O–H groups in total. The van der Waals surface area contributed by atoms with E-state index >= 15 is 0 Å². The lowest BCUT2D eigenvalue weighted by atomic mass is 10.2. The number of hydrogen-bond acceptors (Lipinski definition) is 5. The van der Waals surface area contributed by atoms with Gasteiger partial charge in [0.15, 0.2) is 6.61 Å². The summed E-state index contributed by atoms with van der Waals surface area (Å²) < 4.78 is 10.8. The summed E-state index contributed by atoms with van der Waals surface area (Å²) >= 11 is 0. The summed E-state index contributed by atoms with van der Waals surface area (Å²) in [4.78, 5) is 4.28. The van der Waals surface area contributed by atoms with Crippen LogP contribution in [0.25, 0.3) is 11.5 Å². The Bertz CT molecular complexity index is 695. The molecule has 1 aromatic heterocycles. The first-order valence-electron chi connectivity index (χ1n) is 6.17. The molecule has 0 spiro atoms. The van der Waals surface area contributed by atoms with E-state index in [1.807, 2.05) is 42.5 Å². The standard InChI is InChI=1S/C15H13N3O2/c16-12-7-4-8-13(9-12)19-10-14-17-15(20-18-14)11-5-2-1-3-6-11/h1-9H,10,16H2. The molecule has 0 bridgehead atoms. The third-order valence-electron chi connectivity index (χ3n) is 2.71. The summed E-state index contributed by atoms with van der Waals surface area (Å²) in [6.07, 6.45) is 0. The predicted molar refractivity (Wildman–Crippen MR) is 74.9 cm³/mol. The van der Waals surface area contributed by atoms with Gasteiger partial charge in [-0.2, -0.15) is 4.98 Å². The zero-order valence-electron chi connectivity index (χ0n) is 10.7. The van der Waals surface area contributed by atoms with Crippen molar-refractivity contribution in [3.8, 4) is 17.2 Å². The van der Waals surface area contributed by atoms with Crippen molar-refractivity contribution in [2.75, 3.05) is 5.73 Å². The normalized spacial score (nSPS) is 10.4. The van der Waals surface area contributed by atoms with Gasteiger partial charge in [0.1, 0.15) is 5.75 Å². The van der Waals surface area contributed by atoms with E-state index in [1.54, 1.807) is 12.1 Å². The van der Waals surface area contributed by atoms with Crippen LogP contribution in [0.3, 0.4) is 0 Å². The van der Waals surface area contributed by atoms with E-state index in [1.165, 1.54) is 0 Å². The summed E-state index contributed by atoms with van der Waals surface area (Å²) in [7, 11) is 0. The summed E-state index contributed by atoms with van der Waals surface area (Å²) in [6, 6.07) is 16.8. The van der Waals surface area contributed by atoms with Crippen LogP contribution >= 0.6 is 0 Å². The van der Waals surface area contributed by atoms with Gasteiger partial charge in [0.2, 0.25) is 5.82 Å². The van der Waals surface area contributed by atoms with E-state index in [4.69, 9.17) is 15.0 Å². The average molecular weight is 267 g/mol. The van der Waals surface area contributed by atoms with Crippen molar-refractivity contribution in [2.24, 2.45) is 0 Å². The average Bonchev–Trinajstić information content (AvgIpc) is 2.95. The minimum absolute atomic E-state index is 0.236. The molecule has 3 rings (SSSR count). The van der Waals surface area contributed by atoms with Crippen LogP contribution in [0, 0.1) is 0 Å². The van der Waals surface area contributed by atoms with Crippen LogP contribution in [0.15, 0.2) is 59.1 Å². The van der Waals surface area contributed by atoms with Gasteiger partial charge in [-0.15, -0.1) is 0 Å². The largest absolute Gasteiger partial charge is 0.485 e. The number of benzene rings is 2. The highest BCUT2D eigenvalue weighted by molar-refractivity contribution is 5.52. The zero-order chi connectivity index (χ0) is 13.8. The van der Waals surface area contributed by atoms with Crippen LogP contribution in [0.4, 0.5) is 5.69 Å². The maximum absolute atomic E-state index is 5.68. The third-order valence-corrected chi connectivity index (χ3v) is 2.71. The van der Waals surface area contributed by atoms with Gasteiger partial charge >= 0.3 is 0 Å². The van der Waals surface area contributed by atoms with Crippen molar-refractivity contribution < 1.29 is 9.26 Å². The maximum Gasteiger partial charge on any atom is 0.258 e. The minimum Gasteiger partial charge on any atom is -0.485 e. The highest BCUT2D eigenvalue weighted by atomic mass is 16.5. The van der Waals surface area contributed by atoms with Gasteiger partial charge in [-0.3, -0.25) is 0 Å². The Morgan fingerprint density at radius 1 is 1.05 bits per heavy atom. The fourth-order valence-corrected chi connectivity index (χ4v) is 1.76. The van der Waals surface area contributed by atoms with Gasteiger partial charge in [0, 0.05) is 17.3 Å². The quantitative estimate of drug-likeness (QED) is 0.736. The van der Waals surface area contributed by atoms with E-state index in [2.05, 4.69) is 10.1 Å². The van der Waals surface area contributed by atoms with Gasteiger partial charge < -0.3 is 15.0 Å². The SMILES string of the molecule is Nc1cccc(OCc2noc(-c3ccccc3)n2)c1. The van der Waals surface area contributed by atoms with Crippen LogP contribution in [-0.2, 0) is 6.61 Å². The fourth-order valence-electron chi connectivity index (χ4n) is 1.76. The summed E-state index contributed by atoms with van der Waals surface area (Å²) in [5.41, 5.74) is 7.22. The smallest absolute Gasteiger partial charge is 0.258 e. The topological polar surface area (TPSA) is 74.2 Å². The monoisotopic (exact) mass is 267 g/mol. The van der Waals surface area contributed by atoms with E-state index in [0.717, 1.165) is 5.56 Å². The van der Waals surface area contributed by atoms with Crippen LogP contribution in [0.2, 0.25) is 0 Å². The van der Waals surface area contributed by atoms with Gasteiger partial charge in [-0.05, 0) is 24.3 Å². The molecule has 0 atom stereocenters. The van der Waals surface area contributed by atoms with Crippen molar-refractivity contribution in [1.29, 1.82) is 0 Å². The van der Waals surface area contributed by atoms with Crippen LogP contribution in [-0.4, -0.2) is 10.1 Å². The van der Waals surface area contributed by atoms with Crippen molar-refractivity contribution in [3.05, 3.63) is 60.4 Å². The van der Waals surface area contributed by atoms with Gasteiger partial charge in [-0.25, -0.2) is 0 Å². The first-order chi connectivity index (χ1) is 9.81. The van der Waals surface area contributed by atoms with Crippen LogP contribution in [0.1, 0.15) is 5.82 Å². The Morgan fingerprint density at radius 2 is 1.90 bits per heavy atom. The third kappa shape index (κ3) is 2.77. The molecule has 1 heterocycles. The predicted octanol–water partition coefficient (Wildman–Crippen LogP) is 2.90. The fraction of sp³-hybridized carbons (Fsp3) is 0.0667. The lowest BCUT2D eigenvalue weighted by Crippen LogP contribution is -1.98. The summed E-state index contributed by atoms with van der Waals surface area (Å²) in [5.74, 6) is 1.65. The Morgan fingerprint density at radius 3 is 2.70 bits per heavy atom. The van der Waals surface area contributed by atoms with Crippen molar-refractivity contribution in [2.45, 2.75) is 6.61 Å². The molecule has 3 aromatic rings. The molecule has 0 fully saturated rings. The number of anilines is 1. The van der Waals surface area contributed by atoms with Gasteiger partial charge in [0.05, 0.1) is 0 Å². The second-order valence-corrected chi connectivity index (χ2v) is 4.24. The number of hydrogen-bond donors (Lipinski definition) is 1. The van der Waals surface area contributed by atoms with Crippen molar-refractivity contribution >= 4 is 5.69 Å². The molecule has 20 heavy (non-hydrogen) atoms. The number of nitrogens with zero attached hydrogens (tertiary/aromatic N) is 2. The number of nitrogens with two attached hydrogens (primary N) is 1. The van der Waals surface area contributed by atoms with E-state index < -0.39 is 0 Å². The molecule has 0 aliphatic heterocycles. The Kier molecular flexibility index (Phi) is 3.33. The Balaban J connectivity index is 1.69. The summed E-state index contributed by atoms with van der Waals surface area (Å²) in [5, 5.41) is 3.89. The lowest BCUT2D eigenvalue weighted by molar-refractivity contribution is 0.287. The van der Waals surface area contributed by atoms with Crippen molar-refractivity contribution in [1.82, 2.24) is 10.1 Å². The second-order valence-electron chi connectivity index (χ2n) is 4.24. The van der Waals surface area contributed by atoms with Gasteiger partial charge in [-0.1, -0.05) is 29.4 Å². The first kappa shape index (κ1) is 12.2. The Labute approximate surface area is 116 Å². The summed E-state index contributed by atoms with van der Waals surface area (Å²) in [6.45, 7) is 0.236. The molecular weight excluding hydrogens is 254 g/mol. The highest BCUT2D eigenvalue weighted by Gasteiger charge is 2.08. The molecule has 0 aliphatic carbocycles. The molecular formula is C15H13N3O2. The van der Waals surface area contributed by atoms with Gasteiger partial charge in [0.25, 0.3) is 5.89 Å². The first-order valence-corrected chi connectivity index (χ1v) is 6.17. The number of ether oxygens (including phenoxy) is 1. The second kappa shape index (κ2) is 5.44. The molecule has 0 radical (unpaired) electrons. The molecule has 0 amide bonds. The van der Waals surface area contributed by atoms with Crippen molar-refractivity contribution in [3.63, 3.8) is 0 Å². The molecule has 5 heteroatoms. The van der Waals surface area contributed by atoms with E-state index in [-0.39, 0.29) is 6.61 Å². The lowest BCUT2D eigenvalue weighted by Gasteiger charge is -2.03. The number of nitrogen functional groups attached to an aromatic ring is 1. The highest BCUT2D eigenvalue weighted by Crippen LogP contribution is 2.18. The number of rotatable bonds is 4. The molecule has 0 unspecified atom stereocenters. The molecule has 0 saturated carbocycles. The molecule has 5 nitrogen and oxygen atoms in total. The molecule has 2 aromatic carbocycles. The molecule has 0 saturated heterocycles. The van der Waals surface area contributed by atoms with E-state index in [0.29, 0.717) is 23.2 Å². The Hall–Kier alpha value is -2.82. The maximum atomic E-state index is 5.68. The zero-order valence-corrected chi connectivity index (χ0v) is 10.7. The van der Waals surface area contributed by atoms with Crippen LogP contribution < -0.4 is 10.5 Å². The molecule has 0 aliphatic rings. The molecule has 100 valence electrons. The van der Waals surface area contributed by atoms with Crippen LogP contribution in [0.5, 0.6) is 5.75 Å².